The molecule has 0 aliphatic rings. The highest BCUT2D eigenvalue weighted by atomic mass is 35.5. The molecular weight excluding hydrogens is 390 g/mol. The van der Waals surface area contributed by atoms with Gasteiger partial charge in [-0.2, -0.15) is 0 Å². The van der Waals surface area contributed by atoms with Crippen molar-refractivity contribution in [1.82, 2.24) is 5.32 Å². The Bertz CT molecular complexity index is 790. The highest BCUT2D eigenvalue weighted by molar-refractivity contribution is 6.30. The van der Waals surface area contributed by atoms with E-state index in [4.69, 9.17) is 16.3 Å². The number of ether oxygens (including phenoxy) is 1. The van der Waals surface area contributed by atoms with Crippen LogP contribution < -0.4 is 5.32 Å². The molecule has 2 N–H and O–H groups in total. The number of rotatable bonds is 10. The summed E-state index contributed by atoms with van der Waals surface area (Å²) in [6.45, 7) is 4.38. The molecule has 0 aromatic heterocycles. The maximum atomic E-state index is 12.3. The third-order valence-electron chi connectivity index (χ3n) is 4.71. The first-order valence-corrected chi connectivity index (χ1v) is 10.3. The molecule has 0 spiro atoms. The summed E-state index contributed by atoms with van der Waals surface area (Å²) in [6.07, 6.45) is 1.22. The van der Waals surface area contributed by atoms with Crippen molar-refractivity contribution < 1.29 is 19.4 Å². The Morgan fingerprint density at radius 1 is 1.03 bits per heavy atom. The predicted molar refractivity (Wildman–Crippen MR) is 114 cm³/mol. The van der Waals surface area contributed by atoms with Crippen LogP contribution in [0.4, 0.5) is 0 Å². The summed E-state index contributed by atoms with van der Waals surface area (Å²) in [5.74, 6) is -0.657. The van der Waals surface area contributed by atoms with E-state index in [1.807, 2.05) is 24.3 Å². The first-order valence-electron chi connectivity index (χ1n) is 9.93. The van der Waals surface area contributed by atoms with Crippen molar-refractivity contribution in [3.05, 3.63) is 70.2 Å². The summed E-state index contributed by atoms with van der Waals surface area (Å²) in [6, 6.07) is 14.4. The molecule has 0 bridgehead atoms. The Morgan fingerprint density at radius 3 is 2.24 bits per heavy atom. The molecule has 6 heteroatoms. The van der Waals surface area contributed by atoms with Gasteiger partial charge in [0, 0.05) is 23.0 Å². The van der Waals surface area contributed by atoms with Crippen molar-refractivity contribution in [1.29, 1.82) is 0 Å². The number of nitrogens with one attached hydrogen (secondary N) is 1. The molecular formula is C23H28ClNO4. The lowest BCUT2D eigenvalue weighted by molar-refractivity contribution is -0.142. The fraction of sp³-hybridized carbons (Fsp3) is 0.391. The van der Waals surface area contributed by atoms with E-state index in [0.717, 1.165) is 24.0 Å². The molecule has 0 fully saturated rings. The zero-order chi connectivity index (χ0) is 21.2. The third-order valence-corrected chi connectivity index (χ3v) is 4.97. The van der Waals surface area contributed by atoms with Gasteiger partial charge in [0.1, 0.15) is 0 Å². The van der Waals surface area contributed by atoms with Gasteiger partial charge < -0.3 is 15.2 Å². The SMILES string of the molecule is CCC[C@H](c1ccc(C(=O)NCCC(=O)OCC)cc1)[C@@H](O)c1ccc(Cl)cc1. The molecule has 156 valence electrons. The van der Waals surface area contributed by atoms with E-state index >= 15 is 0 Å². The summed E-state index contributed by atoms with van der Waals surface area (Å²) in [5.41, 5.74) is 2.29. The van der Waals surface area contributed by atoms with Crippen molar-refractivity contribution in [2.24, 2.45) is 0 Å². The second-order valence-corrected chi connectivity index (χ2v) is 7.26. The molecule has 5 nitrogen and oxygen atoms in total. The number of hydrogen-bond donors (Lipinski definition) is 2. The number of hydrogen-bond acceptors (Lipinski definition) is 4. The number of benzene rings is 2. The quantitative estimate of drug-likeness (QED) is 0.552. The topological polar surface area (TPSA) is 75.6 Å². The van der Waals surface area contributed by atoms with Gasteiger partial charge in [0.15, 0.2) is 0 Å². The molecule has 1 amide bonds. The Labute approximate surface area is 177 Å². The zero-order valence-electron chi connectivity index (χ0n) is 16.9. The van der Waals surface area contributed by atoms with Gasteiger partial charge in [-0.3, -0.25) is 9.59 Å². The van der Waals surface area contributed by atoms with E-state index < -0.39 is 6.10 Å². The highest BCUT2D eigenvalue weighted by Gasteiger charge is 2.22. The van der Waals surface area contributed by atoms with Crippen molar-refractivity contribution in [2.75, 3.05) is 13.2 Å². The zero-order valence-corrected chi connectivity index (χ0v) is 17.6. The van der Waals surface area contributed by atoms with Crippen LogP contribution in [-0.4, -0.2) is 30.1 Å². The van der Waals surface area contributed by atoms with E-state index in [1.165, 1.54) is 0 Å². The minimum absolute atomic E-state index is 0.0814. The van der Waals surface area contributed by atoms with E-state index in [2.05, 4.69) is 12.2 Å². The van der Waals surface area contributed by atoms with E-state index in [0.29, 0.717) is 17.2 Å². The van der Waals surface area contributed by atoms with Crippen LogP contribution in [0.1, 0.15) is 66.6 Å². The Morgan fingerprint density at radius 2 is 1.66 bits per heavy atom. The number of aliphatic hydroxyl groups excluding tert-OH is 1. The third kappa shape index (κ3) is 6.87. The van der Waals surface area contributed by atoms with Gasteiger partial charge in [-0.25, -0.2) is 0 Å². The van der Waals surface area contributed by atoms with Crippen LogP contribution >= 0.6 is 11.6 Å². The van der Waals surface area contributed by atoms with Gasteiger partial charge in [-0.05, 0) is 48.7 Å². The average Bonchev–Trinajstić information content (AvgIpc) is 2.72. The summed E-state index contributed by atoms with van der Waals surface area (Å²) in [5, 5.41) is 14.2. The molecule has 2 rings (SSSR count). The Hall–Kier alpha value is -2.37. The first kappa shape index (κ1) is 22.9. The van der Waals surface area contributed by atoms with Crippen molar-refractivity contribution in [3.8, 4) is 0 Å². The van der Waals surface area contributed by atoms with E-state index in [9.17, 15) is 14.7 Å². The van der Waals surface area contributed by atoms with Gasteiger partial charge in [-0.15, -0.1) is 0 Å². The lowest BCUT2D eigenvalue weighted by atomic mass is 9.85. The summed E-state index contributed by atoms with van der Waals surface area (Å²) >= 11 is 5.95. The van der Waals surface area contributed by atoms with Gasteiger partial charge in [0.05, 0.1) is 19.1 Å². The highest BCUT2D eigenvalue weighted by Crippen LogP contribution is 2.35. The average molecular weight is 418 g/mol. The van der Waals surface area contributed by atoms with Crippen molar-refractivity contribution in [3.63, 3.8) is 0 Å². The maximum Gasteiger partial charge on any atom is 0.307 e. The predicted octanol–water partition coefficient (Wildman–Crippen LogP) is 4.64. The van der Waals surface area contributed by atoms with Gasteiger partial charge in [-0.1, -0.05) is 49.2 Å². The summed E-state index contributed by atoms with van der Waals surface area (Å²) in [4.78, 5) is 23.6. The van der Waals surface area contributed by atoms with Gasteiger partial charge in [0.2, 0.25) is 0 Å². The molecule has 29 heavy (non-hydrogen) atoms. The Kier molecular flexibility index (Phi) is 9.16. The number of carbonyl (C=O) groups excluding carboxylic acids is 2. The monoisotopic (exact) mass is 417 g/mol. The fourth-order valence-electron chi connectivity index (χ4n) is 3.21. The number of halogens is 1. The normalized spacial score (nSPS) is 12.8. The van der Waals surface area contributed by atoms with Crippen LogP contribution in [0.15, 0.2) is 48.5 Å². The maximum absolute atomic E-state index is 12.3. The fourth-order valence-corrected chi connectivity index (χ4v) is 3.33. The number of carbonyl (C=O) groups is 2. The molecule has 2 aromatic rings. The molecule has 0 heterocycles. The number of amides is 1. The van der Waals surface area contributed by atoms with Crippen LogP contribution in [0.5, 0.6) is 0 Å². The molecule has 0 radical (unpaired) electrons. The lowest BCUT2D eigenvalue weighted by Crippen LogP contribution is -2.26. The largest absolute Gasteiger partial charge is 0.466 e. The minimum atomic E-state index is -0.656. The van der Waals surface area contributed by atoms with Gasteiger partial charge >= 0.3 is 5.97 Å². The molecule has 2 aromatic carbocycles. The van der Waals surface area contributed by atoms with E-state index in [1.54, 1.807) is 31.2 Å². The number of esters is 1. The lowest BCUT2D eigenvalue weighted by Gasteiger charge is -2.24. The van der Waals surface area contributed by atoms with Crippen LogP contribution in [0, 0.1) is 0 Å². The molecule has 0 unspecified atom stereocenters. The molecule has 0 saturated heterocycles. The minimum Gasteiger partial charge on any atom is -0.466 e. The molecule has 2 atom stereocenters. The summed E-state index contributed by atoms with van der Waals surface area (Å²) < 4.78 is 4.84. The molecule has 0 aliphatic heterocycles. The van der Waals surface area contributed by atoms with Gasteiger partial charge in [0.25, 0.3) is 5.91 Å². The van der Waals surface area contributed by atoms with Crippen LogP contribution in [0.3, 0.4) is 0 Å². The van der Waals surface area contributed by atoms with Crippen LogP contribution in [0.25, 0.3) is 0 Å². The Balaban J connectivity index is 2.04. The molecule has 0 aliphatic carbocycles. The second-order valence-electron chi connectivity index (χ2n) is 6.82. The van der Waals surface area contributed by atoms with E-state index in [-0.39, 0.29) is 30.8 Å². The first-order chi connectivity index (χ1) is 14.0. The standard InChI is InChI=1S/C23H28ClNO4/c1-3-5-20(22(27)17-10-12-19(24)13-11-17)16-6-8-18(9-7-16)23(28)25-15-14-21(26)29-4-2/h6-13,20,22,27H,3-5,14-15H2,1-2H3,(H,25,28)/t20-,22+/m1/s1. The number of aliphatic hydroxyl groups is 1. The molecule has 0 saturated carbocycles. The van der Waals surface area contributed by atoms with Crippen LogP contribution in [-0.2, 0) is 9.53 Å². The van der Waals surface area contributed by atoms with Crippen molar-refractivity contribution in [2.45, 2.75) is 45.1 Å². The van der Waals surface area contributed by atoms with Crippen LogP contribution in [0.2, 0.25) is 5.02 Å². The smallest absolute Gasteiger partial charge is 0.307 e. The second kappa shape index (κ2) is 11.6. The van der Waals surface area contributed by atoms with Crippen molar-refractivity contribution >= 4 is 23.5 Å². The summed E-state index contributed by atoms with van der Waals surface area (Å²) in [7, 11) is 0.